The number of carboxylic acid groups (broad SMARTS) is 2. The highest BCUT2D eigenvalue weighted by molar-refractivity contribution is 6.31. The lowest BCUT2D eigenvalue weighted by atomic mass is 9.86. The third-order valence-electron chi connectivity index (χ3n) is 9.22. The number of aromatic carboxylic acids is 1. The van der Waals surface area contributed by atoms with Gasteiger partial charge in [0.25, 0.3) is 0 Å². The Balaban J connectivity index is 1.24. The Bertz CT molecular complexity index is 1840. The molecular formula is C39H38N2O6. The number of carbonyl (C=O) groups is 3. The van der Waals surface area contributed by atoms with Crippen molar-refractivity contribution in [3.63, 3.8) is 0 Å². The van der Waals surface area contributed by atoms with Gasteiger partial charge in [-0.3, -0.25) is 9.69 Å². The van der Waals surface area contributed by atoms with Crippen LogP contribution in [0.2, 0.25) is 0 Å². The quantitative estimate of drug-likeness (QED) is 0.147. The Hall–Kier alpha value is -5.21. The molecule has 0 radical (unpaired) electrons. The highest BCUT2D eigenvalue weighted by Gasteiger charge is 2.33. The van der Waals surface area contributed by atoms with Crippen LogP contribution >= 0.6 is 0 Å². The number of rotatable bonds is 11. The fourth-order valence-electron chi connectivity index (χ4n) is 6.72. The van der Waals surface area contributed by atoms with Gasteiger partial charge in [-0.15, -0.1) is 0 Å². The molecule has 0 bridgehead atoms. The van der Waals surface area contributed by atoms with E-state index >= 15 is 0 Å². The number of hydrogen-bond acceptors (Lipinski definition) is 5. The fourth-order valence-corrected chi connectivity index (χ4v) is 6.72. The third-order valence-corrected chi connectivity index (χ3v) is 9.22. The second-order valence-corrected chi connectivity index (χ2v) is 12.2. The second-order valence-electron chi connectivity index (χ2n) is 12.2. The minimum Gasteiger partial charge on any atom is -0.475 e. The van der Waals surface area contributed by atoms with E-state index in [1.807, 2.05) is 54.6 Å². The number of likely N-dealkylation sites (tertiary alicyclic amines) is 1. The van der Waals surface area contributed by atoms with Gasteiger partial charge in [-0.1, -0.05) is 97.1 Å². The van der Waals surface area contributed by atoms with Gasteiger partial charge in [-0.2, -0.15) is 0 Å². The van der Waals surface area contributed by atoms with Crippen LogP contribution in [0.1, 0.15) is 52.7 Å². The molecule has 1 amide bonds. The zero-order valence-electron chi connectivity index (χ0n) is 26.1. The molecule has 1 unspecified atom stereocenters. The second kappa shape index (κ2) is 14.5. The Labute approximate surface area is 273 Å². The van der Waals surface area contributed by atoms with Crippen LogP contribution < -0.4 is 0 Å². The number of aliphatic carboxylic acids is 1. The molecule has 1 aromatic heterocycles. The van der Waals surface area contributed by atoms with Crippen molar-refractivity contribution in [3.8, 4) is 11.1 Å². The molecule has 1 aliphatic rings. The number of carboxylic acids is 2. The molecule has 240 valence electrons. The van der Waals surface area contributed by atoms with Gasteiger partial charge in [-0.25, -0.2) is 9.59 Å². The number of nitrogens with zero attached hydrogens (tertiary/aromatic N) is 2. The van der Waals surface area contributed by atoms with Gasteiger partial charge in [0.1, 0.15) is 5.76 Å². The third kappa shape index (κ3) is 7.61. The highest BCUT2D eigenvalue weighted by atomic mass is 16.4. The molecule has 6 rings (SSSR count). The summed E-state index contributed by atoms with van der Waals surface area (Å²) in [6, 6.07) is 35.3. The molecule has 8 heteroatoms. The van der Waals surface area contributed by atoms with Gasteiger partial charge >= 0.3 is 17.8 Å². The summed E-state index contributed by atoms with van der Waals surface area (Å²) in [7, 11) is 0. The zero-order chi connectivity index (χ0) is 32.8. The molecule has 5 aromatic rings. The van der Waals surface area contributed by atoms with Gasteiger partial charge in [0.15, 0.2) is 0 Å². The van der Waals surface area contributed by atoms with E-state index in [2.05, 4.69) is 47.4 Å². The van der Waals surface area contributed by atoms with E-state index in [-0.39, 0.29) is 18.2 Å². The first-order valence-electron chi connectivity index (χ1n) is 16.1. The molecule has 4 aromatic carbocycles. The molecule has 1 saturated heterocycles. The van der Waals surface area contributed by atoms with Crippen molar-refractivity contribution < 1.29 is 29.0 Å². The zero-order valence-corrected chi connectivity index (χ0v) is 26.1. The van der Waals surface area contributed by atoms with E-state index in [1.54, 1.807) is 11.0 Å². The van der Waals surface area contributed by atoms with Crippen LogP contribution in [0.3, 0.4) is 0 Å². The topological polar surface area (TPSA) is 111 Å². The van der Waals surface area contributed by atoms with Crippen LogP contribution in [0.15, 0.2) is 114 Å². The Morgan fingerprint density at radius 1 is 0.809 bits per heavy atom. The molecule has 8 nitrogen and oxygen atoms in total. The van der Waals surface area contributed by atoms with Gasteiger partial charge < -0.3 is 19.5 Å². The average Bonchev–Trinajstić information content (AvgIpc) is 3.58. The molecule has 2 heterocycles. The summed E-state index contributed by atoms with van der Waals surface area (Å²) in [5.41, 5.74) is 4.13. The molecule has 1 atom stereocenters. The number of amides is 1. The van der Waals surface area contributed by atoms with Gasteiger partial charge in [-0.05, 0) is 89.8 Å². The number of piperidine rings is 1. The van der Waals surface area contributed by atoms with E-state index in [4.69, 9.17) is 4.42 Å². The van der Waals surface area contributed by atoms with E-state index in [0.717, 1.165) is 59.0 Å². The maximum absolute atomic E-state index is 13.3. The smallest absolute Gasteiger partial charge is 0.394 e. The summed E-state index contributed by atoms with van der Waals surface area (Å²) in [5, 5.41) is 21.4. The van der Waals surface area contributed by atoms with Crippen molar-refractivity contribution in [2.45, 2.75) is 38.3 Å². The standard InChI is InChI=1S/C39H38N2O6/c42-37(39(45)46)41(24-21-27-7-2-1-3-8-27)35(25-28-19-22-40(23-20-28)26-32-17-18-36(47-32)38(43)44)31-15-13-30(14-16-31)34-12-6-10-29-9-4-5-11-33(29)34/h1-18,28,35H,19-26H2,(H,43,44)(H,45,46). The maximum Gasteiger partial charge on any atom is 0.394 e. The minimum absolute atomic E-state index is 0.0668. The monoisotopic (exact) mass is 630 g/mol. The number of fused-ring (bicyclic) bond motifs is 1. The Kier molecular flexibility index (Phi) is 9.78. The van der Waals surface area contributed by atoms with Crippen molar-refractivity contribution in [3.05, 3.63) is 132 Å². The molecule has 0 spiro atoms. The Morgan fingerprint density at radius 2 is 1.51 bits per heavy atom. The molecule has 1 fully saturated rings. The summed E-state index contributed by atoms with van der Waals surface area (Å²) in [4.78, 5) is 40.5. The van der Waals surface area contributed by atoms with Crippen molar-refractivity contribution in [2.75, 3.05) is 19.6 Å². The summed E-state index contributed by atoms with van der Waals surface area (Å²) in [6.07, 6.45) is 2.92. The molecule has 1 aliphatic heterocycles. The highest BCUT2D eigenvalue weighted by Crippen LogP contribution is 2.36. The van der Waals surface area contributed by atoms with Crippen molar-refractivity contribution in [2.24, 2.45) is 5.92 Å². The van der Waals surface area contributed by atoms with E-state index in [0.29, 0.717) is 25.1 Å². The average molecular weight is 631 g/mol. The first kappa shape index (κ1) is 31.8. The minimum atomic E-state index is -1.45. The first-order chi connectivity index (χ1) is 22.9. The summed E-state index contributed by atoms with van der Waals surface area (Å²) in [5.74, 6) is -2.62. The molecule has 0 saturated carbocycles. The molecular weight excluding hydrogens is 592 g/mol. The largest absolute Gasteiger partial charge is 0.475 e. The fraction of sp³-hybridized carbons (Fsp3) is 0.256. The number of carbonyl (C=O) groups excluding carboxylic acids is 1. The number of furan rings is 1. The maximum atomic E-state index is 13.3. The summed E-state index contributed by atoms with van der Waals surface area (Å²) < 4.78 is 5.46. The van der Waals surface area contributed by atoms with E-state index in [1.165, 1.54) is 6.07 Å². The normalized spacial score (nSPS) is 14.6. The van der Waals surface area contributed by atoms with Gasteiger partial charge in [0, 0.05) is 6.54 Å². The lowest BCUT2D eigenvalue weighted by molar-refractivity contribution is -0.157. The van der Waals surface area contributed by atoms with Crippen LogP contribution in [0.25, 0.3) is 21.9 Å². The lowest BCUT2D eigenvalue weighted by Crippen LogP contribution is -2.42. The van der Waals surface area contributed by atoms with E-state index in [9.17, 15) is 24.6 Å². The number of hydrogen-bond donors (Lipinski definition) is 2. The van der Waals surface area contributed by atoms with Gasteiger partial charge in [0.2, 0.25) is 5.76 Å². The number of benzene rings is 4. The van der Waals surface area contributed by atoms with Crippen molar-refractivity contribution in [1.82, 2.24) is 9.80 Å². The van der Waals surface area contributed by atoms with E-state index < -0.39 is 23.9 Å². The van der Waals surface area contributed by atoms with Crippen LogP contribution in [-0.2, 0) is 22.6 Å². The van der Waals surface area contributed by atoms with Gasteiger partial charge in [0.05, 0.1) is 12.6 Å². The van der Waals surface area contributed by atoms with Crippen LogP contribution in [0, 0.1) is 5.92 Å². The van der Waals surface area contributed by atoms with Crippen LogP contribution in [0.5, 0.6) is 0 Å². The lowest BCUT2D eigenvalue weighted by Gasteiger charge is -2.37. The first-order valence-corrected chi connectivity index (χ1v) is 16.1. The van der Waals surface area contributed by atoms with Crippen LogP contribution in [0.4, 0.5) is 0 Å². The predicted molar refractivity (Wildman–Crippen MR) is 180 cm³/mol. The Morgan fingerprint density at radius 3 is 2.21 bits per heavy atom. The molecule has 47 heavy (non-hydrogen) atoms. The summed E-state index contributed by atoms with van der Waals surface area (Å²) in [6.45, 7) is 2.39. The van der Waals surface area contributed by atoms with Crippen molar-refractivity contribution in [1.29, 1.82) is 0 Å². The SMILES string of the molecule is O=C(O)C(=O)N(CCc1ccccc1)C(CC1CCN(Cc2ccc(C(=O)O)o2)CC1)c1ccc(-c2cccc3ccccc23)cc1. The molecule has 2 N–H and O–H groups in total. The molecule has 0 aliphatic carbocycles. The summed E-state index contributed by atoms with van der Waals surface area (Å²) >= 11 is 0. The van der Waals surface area contributed by atoms with Crippen LogP contribution in [-0.4, -0.2) is 57.5 Å². The van der Waals surface area contributed by atoms with Crippen molar-refractivity contribution >= 4 is 28.6 Å². The predicted octanol–water partition coefficient (Wildman–Crippen LogP) is 7.30.